The molecule has 1 heterocycles. The van der Waals surface area contributed by atoms with E-state index in [2.05, 4.69) is 12.2 Å². The molecule has 0 unspecified atom stereocenters. The molecule has 0 atom stereocenters. The first-order valence-electron chi connectivity index (χ1n) is 10.9. The van der Waals surface area contributed by atoms with Crippen LogP contribution < -0.4 is 10.1 Å². The number of para-hydroxylation sites is 1. The van der Waals surface area contributed by atoms with Gasteiger partial charge in [0.05, 0.1) is 21.2 Å². The molecule has 1 fully saturated rings. The predicted octanol–water partition coefficient (Wildman–Crippen LogP) is 6.46. The number of ether oxygens (including phenoxy) is 1. The van der Waals surface area contributed by atoms with Crippen LogP contribution >= 0.6 is 23.2 Å². The first-order chi connectivity index (χ1) is 16.2. The molecule has 1 aliphatic rings. The molecule has 1 N–H and O–H groups in total. The summed E-state index contributed by atoms with van der Waals surface area (Å²) in [6.07, 6.45) is 1.61. The van der Waals surface area contributed by atoms with Crippen LogP contribution in [0.2, 0.25) is 10.0 Å². The van der Waals surface area contributed by atoms with Crippen molar-refractivity contribution in [2.45, 2.75) is 24.7 Å². The maximum absolute atomic E-state index is 13.2. The Morgan fingerprint density at radius 3 is 2.41 bits per heavy atom. The number of carbonyl (C=O) groups excluding carboxylic acids is 1. The third-order valence-corrected chi connectivity index (χ3v) is 8.18. The summed E-state index contributed by atoms with van der Waals surface area (Å²) in [5, 5.41) is 3.29. The molecule has 0 aromatic heterocycles. The molecule has 0 spiro atoms. The summed E-state index contributed by atoms with van der Waals surface area (Å²) in [7, 11) is -3.74. The highest BCUT2D eigenvalue weighted by molar-refractivity contribution is 7.89. The second-order valence-electron chi connectivity index (χ2n) is 8.24. The van der Waals surface area contributed by atoms with Crippen molar-refractivity contribution >= 4 is 44.8 Å². The number of halogens is 2. The lowest BCUT2D eigenvalue weighted by molar-refractivity contribution is 0.102. The number of sulfonamides is 1. The smallest absolute Gasteiger partial charge is 0.257 e. The summed E-state index contributed by atoms with van der Waals surface area (Å²) in [4.78, 5) is 13.2. The molecule has 3 aromatic rings. The van der Waals surface area contributed by atoms with Crippen molar-refractivity contribution < 1.29 is 17.9 Å². The van der Waals surface area contributed by atoms with E-state index in [-0.39, 0.29) is 15.5 Å². The van der Waals surface area contributed by atoms with Crippen molar-refractivity contribution in [2.75, 3.05) is 18.4 Å². The zero-order chi connectivity index (χ0) is 24.3. The van der Waals surface area contributed by atoms with Gasteiger partial charge >= 0.3 is 0 Å². The number of rotatable bonds is 6. The third-order valence-electron chi connectivity index (χ3n) is 5.72. The summed E-state index contributed by atoms with van der Waals surface area (Å²) in [6, 6.07) is 18.1. The molecule has 3 aromatic carbocycles. The predicted molar refractivity (Wildman–Crippen MR) is 135 cm³/mol. The highest BCUT2D eigenvalue weighted by Crippen LogP contribution is 2.33. The Balaban J connectivity index is 1.60. The van der Waals surface area contributed by atoms with Crippen LogP contribution in [0, 0.1) is 5.92 Å². The maximum Gasteiger partial charge on any atom is 0.257 e. The van der Waals surface area contributed by atoms with Gasteiger partial charge < -0.3 is 10.1 Å². The number of amides is 1. The van der Waals surface area contributed by atoms with Crippen molar-refractivity contribution in [1.29, 1.82) is 0 Å². The second kappa shape index (κ2) is 10.4. The molecule has 1 saturated heterocycles. The topological polar surface area (TPSA) is 75.7 Å². The Labute approximate surface area is 209 Å². The van der Waals surface area contributed by atoms with Gasteiger partial charge in [-0.1, -0.05) is 48.3 Å². The van der Waals surface area contributed by atoms with Gasteiger partial charge in [0.1, 0.15) is 5.75 Å². The quantitative estimate of drug-likeness (QED) is 0.406. The van der Waals surface area contributed by atoms with Gasteiger partial charge in [-0.2, -0.15) is 4.31 Å². The number of benzene rings is 3. The highest BCUT2D eigenvalue weighted by Gasteiger charge is 2.29. The summed E-state index contributed by atoms with van der Waals surface area (Å²) >= 11 is 12.4. The van der Waals surface area contributed by atoms with E-state index in [0.29, 0.717) is 41.2 Å². The van der Waals surface area contributed by atoms with E-state index >= 15 is 0 Å². The van der Waals surface area contributed by atoms with Gasteiger partial charge in [0, 0.05) is 18.1 Å². The minimum atomic E-state index is -3.74. The van der Waals surface area contributed by atoms with Crippen LogP contribution in [0.5, 0.6) is 11.5 Å². The van der Waals surface area contributed by atoms with Crippen molar-refractivity contribution in [3.8, 4) is 11.5 Å². The standard InChI is InChI=1S/C25H24Cl2N2O4S/c1-17-11-13-29(14-12-17)34(31,32)20-8-9-22(27)21(16-20)25(30)28-23-15-18(26)7-10-24(23)33-19-5-3-2-4-6-19/h2-10,15-17H,11-14H2,1H3,(H,28,30). The van der Waals surface area contributed by atoms with Crippen LogP contribution in [-0.2, 0) is 10.0 Å². The monoisotopic (exact) mass is 518 g/mol. The lowest BCUT2D eigenvalue weighted by Gasteiger charge is -2.29. The first kappa shape index (κ1) is 24.5. The molecule has 6 nitrogen and oxygen atoms in total. The molecular formula is C25H24Cl2N2O4S. The molecule has 1 aliphatic heterocycles. The summed E-state index contributed by atoms with van der Waals surface area (Å²) in [6.45, 7) is 3.02. The largest absolute Gasteiger partial charge is 0.455 e. The number of carbonyl (C=O) groups is 1. The van der Waals surface area contributed by atoms with Gasteiger partial charge in [0.25, 0.3) is 5.91 Å². The van der Waals surface area contributed by atoms with Crippen LogP contribution in [0.25, 0.3) is 0 Å². The van der Waals surface area contributed by atoms with E-state index < -0.39 is 15.9 Å². The number of anilines is 1. The minimum Gasteiger partial charge on any atom is -0.455 e. The van der Waals surface area contributed by atoms with Crippen LogP contribution in [0.3, 0.4) is 0 Å². The fraction of sp³-hybridized carbons (Fsp3) is 0.240. The van der Waals surface area contributed by atoms with E-state index in [1.54, 1.807) is 30.3 Å². The Hall–Kier alpha value is -2.58. The number of nitrogens with one attached hydrogen (secondary N) is 1. The van der Waals surface area contributed by atoms with Crippen molar-refractivity contribution in [2.24, 2.45) is 5.92 Å². The zero-order valence-electron chi connectivity index (χ0n) is 18.5. The van der Waals surface area contributed by atoms with E-state index in [0.717, 1.165) is 12.8 Å². The number of piperidine rings is 1. The summed E-state index contributed by atoms with van der Waals surface area (Å²) in [5.74, 6) is 0.881. The molecule has 4 rings (SSSR count). The Morgan fingerprint density at radius 1 is 1.00 bits per heavy atom. The number of hydrogen-bond donors (Lipinski definition) is 1. The molecule has 0 aliphatic carbocycles. The van der Waals surface area contributed by atoms with Gasteiger partial charge in [-0.3, -0.25) is 4.79 Å². The van der Waals surface area contributed by atoms with Crippen LogP contribution in [0.15, 0.2) is 71.6 Å². The van der Waals surface area contributed by atoms with Crippen molar-refractivity contribution in [3.63, 3.8) is 0 Å². The summed E-state index contributed by atoms with van der Waals surface area (Å²) < 4.78 is 33.7. The first-order valence-corrected chi connectivity index (χ1v) is 13.1. The van der Waals surface area contributed by atoms with Gasteiger partial charge in [-0.25, -0.2) is 8.42 Å². The van der Waals surface area contributed by atoms with E-state index in [1.165, 1.54) is 22.5 Å². The molecule has 1 amide bonds. The van der Waals surface area contributed by atoms with Gasteiger partial charge in [0.15, 0.2) is 5.75 Å². The Bertz CT molecular complexity index is 1290. The van der Waals surface area contributed by atoms with E-state index in [1.807, 2.05) is 18.2 Å². The Kier molecular flexibility index (Phi) is 7.48. The van der Waals surface area contributed by atoms with Crippen molar-refractivity contribution in [1.82, 2.24) is 4.31 Å². The molecule has 0 saturated carbocycles. The average Bonchev–Trinajstić information content (AvgIpc) is 2.82. The second-order valence-corrected chi connectivity index (χ2v) is 11.0. The third kappa shape index (κ3) is 5.55. The van der Waals surface area contributed by atoms with Crippen LogP contribution in [0.4, 0.5) is 5.69 Å². The molecule has 9 heteroatoms. The Morgan fingerprint density at radius 2 is 1.71 bits per heavy atom. The van der Waals surface area contributed by atoms with Gasteiger partial charge in [0.2, 0.25) is 10.0 Å². The molecule has 178 valence electrons. The molecule has 34 heavy (non-hydrogen) atoms. The van der Waals surface area contributed by atoms with Gasteiger partial charge in [-0.05, 0) is 67.3 Å². The van der Waals surface area contributed by atoms with Gasteiger partial charge in [-0.15, -0.1) is 0 Å². The van der Waals surface area contributed by atoms with Crippen LogP contribution in [-0.4, -0.2) is 31.7 Å². The normalized spacial score (nSPS) is 15.1. The maximum atomic E-state index is 13.2. The SMILES string of the molecule is CC1CCN(S(=O)(=O)c2ccc(Cl)c(C(=O)Nc3cc(Cl)ccc3Oc3ccccc3)c2)CC1. The lowest BCUT2D eigenvalue weighted by Crippen LogP contribution is -2.37. The van der Waals surface area contributed by atoms with E-state index in [4.69, 9.17) is 27.9 Å². The zero-order valence-corrected chi connectivity index (χ0v) is 20.8. The molecular weight excluding hydrogens is 495 g/mol. The number of hydrogen-bond acceptors (Lipinski definition) is 4. The average molecular weight is 519 g/mol. The minimum absolute atomic E-state index is 0.0310. The van der Waals surface area contributed by atoms with Crippen LogP contribution in [0.1, 0.15) is 30.1 Å². The highest BCUT2D eigenvalue weighted by atomic mass is 35.5. The lowest BCUT2D eigenvalue weighted by atomic mass is 10.0. The fourth-order valence-electron chi connectivity index (χ4n) is 3.71. The van der Waals surface area contributed by atoms with E-state index in [9.17, 15) is 13.2 Å². The summed E-state index contributed by atoms with van der Waals surface area (Å²) in [5.41, 5.74) is 0.370. The fourth-order valence-corrected chi connectivity index (χ4v) is 5.58. The molecule has 0 radical (unpaired) electrons. The van der Waals surface area contributed by atoms with Crippen molar-refractivity contribution in [3.05, 3.63) is 82.3 Å². The molecule has 0 bridgehead atoms. The number of nitrogens with zero attached hydrogens (tertiary/aromatic N) is 1.